The molecule has 1 aliphatic rings. The molecule has 3 aromatic carbocycles. The van der Waals surface area contributed by atoms with Gasteiger partial charge in [-0.3, -0.25) is 14.5 Å². The Kier molecular flexibility index (Phi) is 7.15. The second-order valence-corrected chi connectivity index (χ2v) is 8.80. The van der Waals surface area contributed by atoms with E-state index in [-0.39, 0.29) is 32.7 Å². The average molecular weight is 528 g/mol. The summed E-state index contributed by atoms with van der Waals surface area (Å²) in [4.78, 5) is 28.2. The molecule has 9 heteroatoms. The number of aliphatic hydroxyl groups excluding tert-OH is 1. The van der Waals surface area contributed by atoms with Crippen molar-refractivity contribution in [2.75, 3.05) is 26.2 Å². The van der Waals surface area contributed by atoms with Crippen LogP contribution in [0.4, 0.5) is 5.69 Å². The first-order chi connectivity index (χ1) is 17.2. The molecule has 1 unspecified atom stereocenters. The van der Waals surface area contributed by atoms with Crippen molar-refractivity contribution >= 4 is 46.3 Å². The molecule has 0 bridgehead atoms. The topological polar surface area (TPSA) is 85.3 Å². The number of Topliss-reactive ketones (excluding diaryl/α,β-unsaturated/α-hetero) is 1. The highest BCUT2D eigenvalue weighted by molar-refractivity contribution is 6.52. The van der Waals surface area contributed by atoms with Gasteiger partial charge in [-0.2, -0.15) is 0 Å². The summed E-state index contributed by atoms with van der Waals surface area (Å²) in [6.07, 6.45) is 0. The lowest BCUT2D eigenvalue weighted by Crippen LogP contribution is -2.29. The third-order valence-electron chi connectivity index (χ3n) is 6.05. The summed E-state index contributed by atoms with van der Waals surface area (Å²) < 4.78 is 16.0. The Morgan fingerprint density at radius 2 is 1.61 bits per heavy atom. The number of amides is 1. The van der Waals surface area contributed by atoms with Gasteiger partial charge in [-0.1, -0.05) is 53.5 Å². The first-order valence-electron chi connectivity index (χ1n) is 10.9. The summed E-state index contributed by atoms with van der Waals surface area (Å²) in [7, 11) is 4.26. The van der Waals surface area contributed by atoms with Gasteiger partial charge in [-0.15, -0.1) is 0 Å². The van der Waals surface area contributed by atoms with Gasteiger partial charge in [0.05, 0.1) is 43.5 Å². The zero-order valence-corrected chi connectivity index (χ0v) is 21.5. The molecule has 3 aromatic rings. The summed E-state index contributed by atoms with van der Waals surface area (Å²) in [5.41, 5.74) is 1.83. The van der Waals surface area contributed by atoms with Gasteiger partial charge in [0.15, 0.2) is 11.5 Å². The molecule has 4 rings (SSSR count). The van der Waals surface area contributed by atoms with Crippen LogP contribution in [0.1, 0.15) is 22.7 Å². The number of benzene rings is 3. The fourth-order valence-electron chi connectivity index (χ4n) is 4.34. The van der Waals surface area contributed by atoms with Crippen LogP contribution in [0.3, 0.4) is 0 Å². The minimum atomic E-state index is -0.942. The molecule has 36 heavy (non-hydrogen) atoms. The summed E-state index contributed by atoms with van der Waals surface area (Å²) in [6, 6.07) is 14.6. The third-order valence-corrected chi connectivity index (χ3v) is 6.68. The molecule has 1 amide bonds. The predicted molar refractivity (Wildman–Crippen MR) is 139 cm³/mol. The number of halogens is 2. The lowest BCUT2D eigenvalue weighted by Gasteiger charge is -2.27. The van der Waals surface area contributed by atoms with E-state index in [1.165, 1.54) is 32.3 Å². The monoisotopic (exact) mass is 527 g/mol. The van der Waals surface area contributed by atoms with Crippen molar-refractivity contribution < 1.29 is 28.9 Å². The number of aliphatic hydroxyl groups is 1. The van der Waals surface area contributed by atoms with Crippen molar-refractivity contribution in [2.24, 2.45) is 0 Å². The summed E-state index contributed by atoms with van der Waals surface area (Å²) >= 11 is 12.8. The number of methoxy groups -OCH3 is 3. The van der Waals surface area contributed by atoms with E-state index >= 15 is 0 Å². The summed E-state index contributed by atoms with van der Waals surface area (Å²) in [5.74, 6) is -1.44. The second-order valence-electron chi connectivity index (χ2n) is 8.01. The lowest BCUT2D eigenvalue weighted by molar-refractivity contribution is -0.132. The normalized spacial score (nSPS) is 16.8. The van der Waals surface area contributed by atoms with Crippen LogP contribution < -0.4 is 19.1 Å². The Labute approximate surface area is 218 Å². The van der Waals surface area contributed by atoms with Gasteiger partial charge in [0.25, 0.3) is 11.7 Å². The molecule has 1 saturated heterocycles. The van der Waals surface area contributed by atoms with E-state index in [1.54, 1.807) is 36.4 Å². The van der Waals surface area contributed by atoms with Crippen LogP contribution in [0.5, 0.6) is 17.2 Å². The van der Waals surface area contributed by atoms with E-state index in [9.17, 15) is 14.7 Å². The van der Waals surface area contributed by atoms with Gasteiger partial charge >= 0.3 is 0 Å². The molecule has 0 saturated carbocycles. The number of ketones is 1. The Hall–Kier alpha value is -3.68. The summed E-state index contributed by atoms with van der Waals surface area (Å²) in [5, 5.41) is 11.7. The van der Waals surface area contributed by atoms with E-state index in [0.717, 1.165) is 5.56 Å². The van der Waals surface area contributed by atoms with Gasteiger partial charge in [0.2, 0.25) is 0 Å². The van der Waals surface area contributed by atoms with Crippen LogP contribution in [0, 0.1) is 6.92 Å². The molecule has 0 aromatic heterocycles. The minimum Gasteiger partial charge on any atom is -0.507 e. The first-order valence-corrected chi connectivity index (χ1v) is 11.6. The molecule has 1 fully saturated rings. The first kappa shape index (κ1) is 25.4. The standard InChI is InChI=1S/C27H23Cl2NO6/c1-14-8-5-6-11-17(14)22-20(23(31)18-13-19(28)26(36-4)21(29)25(18)35-3)24(32)27(33)30(22)15-9-7-10-16(12-15)34-2/h5-13,22,31H,1-4H3/b23-20+. The van der Waals surface area contributed by atoms with Crippen LogP contribution >= 0.6 is 23.2 Å². The van der Waals surface area contributed by atoms with Crippen molar-refractivity contribution in [3.05, 3.63) is 86.9 Å². The SMILES string of the molecule is COc1cccc(N2C(=O)C(=O)/C(=C(/O)c3cc(Cl)c(OC)c(Cl)c3OC)C2c2ccccc2C)c1. The van der Waals surface area contributed by atoms with Crippen molar-refractivity contribution in [3.63, 3.8) is 0 Å². The van der Waals surface area contributed by atoms with Crippen LogP contribution in [0.25, 0.3) is 5.76 Å². The molecule has 1 atom stereocenters. The lowest BCUT2D eigenvalue weighted by atomic mass is 9.92. The molecule has 1 aliphatic heterocycles. The zero-order chi connectivity index (χ0) is 26.1. The van der Waals surface area contributed by atoms with Gasteiger partial charge < -0.3 is 19.3 Å². The highest BCUT2D eigenvalue weighted by atomic mass is 35.5. The zero-order valence-electron chi connectivity index (χ0n) is 20.0. The Morgan fingerprint density at radius 3 is 2.25 bits per heavy atom. The molecule has 1 N–H and O–H groups in total. The molecule has 1 heterocycles. The Balaban J connectivity index is 2.04. The molecular formula is C27H23Cl2NO6. The van der Waals surface area contributed by atoms with E-state index in [1.807, 2.05) is 19.1 Å². The molecular weight excluding hydrogens is 505 g/mol. The number of aryl methyl sites for hydroxylation is 1. The van der Waals surface area contributed by atoms with E-state index in [4.69, 9.17) is 37.4 Å². The number of nitrogens with zero attached hydrogens (tertiary/aromatic N) is 1. The Morgan fingerprint density at radius 1 is 0.917 bits per heavy atom. The highest BCUT2D eigenvalue weighted by Gasteiger charge is 2.48. The quantitative estimate of drug-likeness (QED) is 0.242. The van der Waals surface area contributed by atoms with E-state index in [2.05, 4.69) is 0 Å². The fraction of sp³-hybridized carbons (Fsp3) is 0.185. The van der Waals surface area contributed by atoms with E-state index < -0.39 is 23.5 Å². The molecule has 0 aliphatic carbocycles. The van der Waals surface area contributed by atoms with Crippen LogP contribution in [-0.4, -0.2) is 38.1 Å². The molecule has 0 radical (unpaired) electrons. The van der Waals surface area contributed by atoms with Crippen LogP contribution in [0.15, 0.2) is 60.2 Å². The Bertz CT molecular complexity index is 1400. The summed E-state index contributed by atoms with van der Waals surface area (Å²) in [6.45, 7) is 1.86. The largest absolute Gasteiger partial charge is 0.507 e. The van der Waals surface area contributed by atoms with Gasteiger partial charge in [0, 0.05) is 11.8 Å². The van der Waals surface area contributed by atoms with Crippen molar-refractivity contribution in [3.8, 4) is 17.2 Å². The van der Waals surface area contributed by atoms with Crippen molar-refractivity contribution in [1.82, 2.24) is 0 Å². The minimum absolute atomic E-state index is 0.0171. The maximum Gasteiger partial charge on any atom is 0.300 e. The number of carbonyl (C=O) groups is 2. The average Bonchev–Trinajstić information content (AvgIpc) is 3.14. The number of rotatable bonds is 6. The van der Waals surface area contributed by atoms with E-state index in [0.29, 0.717) is 17.0 Å². The smallest absolute Gasteiger partial charge is 0.300 e. The predicted octanol–water partition coefficient (Wildman–Crippen LogP) is 5.95. The fourth-order valence-corrected chi connectivity index (χ4v) is 5.03. The number of ether oxygens (including phenoxy) is 3. The second kappa shape index (κ2) is 10.1. The van der Waals surface area contributed by atoms with Crippen molar-refractivity contribution in [2.45, 2.75) is 13.0 Å². The highest BCUT2D eigenvalue weighted by Crippen LogP contribution is 2.48. The number of hydrogen-bond acceptors (Lipinski definition) is 6. The van der Waals surface area contributed by atoms with Gasteiger partial charge in [0.1, 0.15) is 16.5 Å². The molecule has 0 spiro atoms. The number of carbonyl (C=O) groups excluding carboxylic acids is 2. The van der Waals surface area contributed by atoms with Crippen LogP contribution in [0.2, 0.25) is 10.0 Å². The molecule has 7 nitrogen and oxygen atoms in total. The maximum atomic E-state index is 13.5. The number of anilines is 1. The molecule has 186 valence electrons. The third kappa shape index (κ3) is 4.14. The van der Waals surface area contributed by atoms with Gasteiger partial charge in [-0.25, -0.2) is 0 Å². The number of hydrogen-bond donors (Lipinski definition) is 1. The van der Waals surface area contributed by atoms with Crippen LogP contribution in [-0.2, 0) is 9.59 Å². The maximum absolute atomic E-state index is 13.5. The van der Waals surface area contributed by atoms with Crippen molar-refractivity contribution in [1.29, 1.82) is 0 Å². The van der Waals surface area contributed by atoms with Gasteiger partial charge in [-0.05, 0) is 36.2 Å².